The largest absolute Gasteiger partial charge is 0.309 e. The molecule has 75 heavy (non-hydrogen) atoms. The zero-order valence-electron chi connectivity index (χ0n) is 46.6. The van der Waals surface area contributed by atoms with Crippen molar-refractivity contribution in [2.24, 2.45) is 0 Å². The lowest BCUT2D eigenvalue weighted by atomic mass is 9.79. The first-order chi connectivity index (χ1) is 35.4. The molecule has 11 rings (SSSR count). The van der Waals surface area contributed by atoms with Crippen LogP contribution in [0.15, 0.2) is 152 Å². The molecule has 0 spiro atoms. The summed E-state index contributed by atoms with van der Waals surface area (Å²) in [6.45, 7) is 33.9. The molecule has 0 aliphatic heterocycles. The fourth-order valence-corrected chi connectivity index (χ4v) is 10.7. The smallest absolute Gasteiger partial charge is 0.164 e. The summed E-state index contributed by atoms with van der Waals surface area (Å²) in [6.07, 6.45) is 3.96. The van der Waals surface area contributed by atoms with Crippen molar-refractivity contribution in [1.29, 1.82) is 0 Å². The average molecular weight is 983 g/mol. The van der Waals surface area contributed by atoms with Crippen LogP contribution in [0.25, 0.3) is 100 Å². The van der Waals surface area contributed by atoms with Crippen molar-refractivity contribution in [1.82, 2.24) is 29.1 Å². The van der Waals surface area contributed by atoms with Crippen LogP contribution in [0.3, 0.4) is 0 Å². The number of hydrogen-bond donors (Lipinski definition) is 0. The van der Waals surface area contributed by atoms with Crippen LogP contribution < -0.4 is 0 Å². The Bertz CT molecular complexity index is 3860. The topological polar surface area (TPSA) is 61.4 Å². The molecule has 0 N–H and O–H groups in total. The van der Waals surface area contributed by atoms with E-state index in [1.165, 1.54) is 60.5 Å². The highest BCUT2D eigenvalue weighted by molar-refractivity contribution is 6.12. The van der Waals surface area contributed by atoms with E-state index >= 15 is 0 Å². The first-order valence-electron chi connectivity index (χ1n) is 26.6. The van der Waals surface area contributed by atoms with Crippen molar-refractivity contribution >= 4 is 43.6 Å². The molecule has 0 unspecified atom stereocenters. The van der Waals surface area contributed by atoms with Gasteiger partial charge in [0.25, 0.3) is 0 Å². The van der Waals surface area contributed by atoms with Gasteiger partial charge in [-0.05, 0) is 156 Å². The van der Waals surface area contributed by atoms with Crippen molar-refractivity contribution < 1.29 is 0 Å². The number of nitrogens with zero attached hydrogens (tertiary/aromatic N) is 6. The van der Waals surface area contributed by atoms with E-state index in [2.05, 4.69) is 253 Å². The van der Waals surface area contributed by atoms with Crippen molar-refractivity contribution in [3.05, 3.63) is 191 Å². The Morgan fingerprint density at radius 2 is 0.720 bits per heavy atom. The molecule has 6 heteroatoms. The number of fused-ring (bicyclic) bond motifs is 6. The first-order valence-corrected chi connectivity index (χ1v) is 26.6. The molecular weight excluding hydrogens is 913 g/mol. The molecule has 0 radical (unpaired) electrons. The van der Waals surface area contributed by atoms with Crippen LogP contribution in [-0.2, 0) is 21.7 Å². The minimum absolute atomic E-state index is 0.108. The van der Waals surface area contributed by atoms with E-state index in [9.17, 15) is 0 Å². The van der Waals surface area contributed by atoms with Crippen LogP contribution in [0.2, 0.25) is 0 Å². The fraction of sp³-hybridized carbons (Fsp3) is 0.275. The Hall–Kier alpha value is -7.70. The van der Waals surface area contributed by atoms with Gasteiger partial charge < -0.3 is 9.13 Å². The summed E-state index contributed by atoms with van der Waals surface area (Å²) in [6, 6.07) is 52.0. The summed E-state index contributed by atoms with van der Waals surface area (Å²) in [5, 5.41) is 4.87. The third-order valence-corrected chi connectivity index (χ3v) is 15.2. The van der Waals surface area contributed by atoms with Crippen LogP contribution in [0.4, 0.5) is 0 Å². The summed E-state index contributed by atoms with van der Waals surface area (Å²) >= 11 is 0. The van der Waals surface area contributed by atoms with Gasteiger partial charge in [0.05, 0.1) is 33.4 Å². The second-order valence-corrected chi connectivity index (χ2v) is 25.3. The zero-order chi connectivity index (χ0) is 53.1. The maximum absolute atomic E-state index is 5.55. The van der Waals surface area contributed by atoms with Crippen molar-refractivity contribution in [2.75, 3.05) is 0 Å². The van der Waals surface area contributed by atoms with Gasteiger partial charge in [-0.1, -0.05) is 148 Å². The molecule has 4 aromatic heterocycles. The number of para-hydroxylation sites is 1. The molecule has 7 aromatic carbocycles. The third-order valence-electron chi connectivity index (χ3n) is 15.2. The van der Waals surface area contributed by atoms with Gasteiger partial charge >= 0.3 is 0 Å². The molecule has 0 fully saturated rings. The number of hydrogen-bond acceptors (Lipinski definition) is 4. The summed E-state index contributed by atoms with van der Waals surface area (Å²) in [5.74, 6) is 1.89. The van der Waals surface area contributed by atoms with E-state index in [1.54, 1.807) is 0 Å². The van der Waals surface area contributed by atoms with Gasteiger partial charge in [0, 0.05) is 61.8 Å². The number of benzene rings is 7. The zero-order valence-corrected chi connectivity index (χ0v) is 46.6. The lowest BCUT2D eigenvalue weighted by Gasteiger charge is -2.26. The predicted molar refractivity (Wildman–Crippen MR) is 317 cm³/mol. The molecule has 0 saturated heterocycles. The quantitative estimate of drug-likeness (QED) is 0.167. The summed E-state index contributed by atoms with van der Waals surface area (Å²) in [4.78, 5) is 21.5. The molecule has 0 amide bonds. The van der Waals surface area contributed by atoms with Crippen molar-refractivity contribution in [2.45, 2.75) is 126 Å². The summed E-state index contributed by atoms with van der Waals surface area (Å²) < 4.78 is 4.86. The molecule has 11 aromatic rings. The Morgan fingerprint density at radius 3 is 1.16 bits per heavy atom. The lowest BCUT2D eigenvalue weighted by Crippen LogP contribution is -2.17. The maximum atomic E-state index is 5.55. The van der Waals surface area contributed by atoms with E-state index in [1.807, 2.05) is 12.4 Å². The molecule has 4 heterocycles. The van der Waals surface area contributed by atoms with Gasteiger partial charge in [0.2, 0.25) is 0 Å². The van der Waals surface area contributed by atoms with Crippen LogP contribution >= 0.6 is 0 Å². The standard InChI is InChI=1S/C69H70N6/c1-41-20-24-58-52(30-41)51-18-16-17-19-57(51)74(58)61-27-23-44(37-55(61)56-40-70-29-28-62(56)75-59-25-21-42(2)31-53(59)54-32-43(3)22-26-60(54)75)63-71-64(45-33-47(66(4,5)6)38-48(34-45)67(7,8)9)73-65(72-63)46-35-49(68(10,11)12)39-50(36-46)69(13,14)15/h16-40H,1-15H3. The maximum Gasteiger partial charge on any atom is 0.164 e. The van der Waals surface area contributed by atoms with Crippen molar-refractivity contribution in [3.8, 4) is 56.7 Å². The molecule has 0 bridgehead atoms. The second-order valence-electron chi connectivity index (χ2n) is 25.3. The minimum atomic E-state index is -0.108. The first kappa shape index (κ1) is 49.5. The summed E-state index contributed by atoms with van der Waals surface area (Å²) in [7, 11) is 0. The molecule has 376 valence electrons. The summed E-state index contributed by atoms with van der Waals surface area (Å²) in [5.41, 5.74) is 19.7. The Kier molecular flexibility index (Phi) is 11.7. The van der Waals surface area contributed by atoms with Crippen LogP contribution in [0.1, 0.15) is 122 Å². The average Bonchev–Trinajstić information content (AvgIpc) is 3.91. The predicted octanol–water partition coefficient (Wildman–Crippen LogP) is 18.2. The number of aromatic nitrogens is 6. The van der Waals surface area contributed by atoms with Crippen LogP contribution in [-0.4, -0.2) is 29.1 Å². The molecular formula is C69H70N6. The van der Waals surface area contributed by atoms with Gasteiger partial charge in [-0.25, -0.2) is 15.0 Å². The van der Waals surface area contributed by atoms with E-state index in [4.69, 9.17) is 19.9 Å². The Balaban J connectivity index is 1.24. The normalized spacial score (nSPS) is 12.7. The number of aryl methyl sites for hydroxylation is 3. The second kappa shape index (κ2) is 17.7. The number of pyridine rings is 1. The van der Waals surface area contributed by atoms with E-state index < -0.39 is 0 Å². The monoisotopic (exact) mass is 983 g/mol. The lowest BCUT2D eigenvalue weighted by molar-refractivity contribution is 0.568. The third kappa shape index (κ3) is 9.02. The highest BCUT2D eigenvalue weighted by atomic mass is 15.0. The Morgan fingerprint density at radius 1 is 0.333 bits per heavy atom. The van der Waals surface area contributed by atoms with Crippen LogP contribution in [0, 0.1) is 20.8 Å². The van der Waals surface area contributed by atoms with Gasteiger partial charge in [-0.3, -0.25) is 4.98 Å². The van der Waals surface area contributed by atoms with Crippen molar-refractivity contribution in [3.63, 3.8) is 0 Å². The number of rotatable bonds is 6. The highest BCUT2D eigenvalue weighted by Crippen LogP contribution is 2.44. The molecule has 6 nitrogen and oxygen atoms in total. The van der Waals surface area contributed by atoms with Crippen LogP contribution in [0.5, 0.6) is 0 Å². The Labute approximate surface area is 443 Å². The molecule has 0 aliphatic rings. The molecule has 0 atom stereocenters. The highest BCUT2D eigenvalue weighted by Gasteiger charge is 2.27. The molecule has 0 saturated carbocycles. The fourth-order valence-electron chi connectivity index (χ4n) is 10.7. The van der Waals surface area contributed by atoms with E-state index in [0.717, 1.165) is 61.3 Å². The van der Waals surface area contributed by atoms with E-state index in [0.29, 0.717) is 17.5 Å². The van der Waals surface area contributed by atoms with E-state index in [-0.39, 0.29) is 21.7 Å². The minimum Gasteiger partial charge on any atom is -0.309 e. The van der Waals surface area contributed by atoms with Gasteiger partial charge in [-0.15, -0.1) is 0 Å². The van der Waals surface area contributed by atoms with Gasteiger partial charge in [0.15, 0.2) is 17.5 Å². The SMILES string of the molecule is Cc1ccc2c(c1)c1ccccc1n2-c1ccc(-c2nc(-c3cc(C(C)(C)C)cc(C(C)(C)C)c3)nc(-c3cc(C(C)(C)C)cc(C(C)(C)C)c3)n2)cc1-c1cnccc1-n1c2ccc(C)cc2c2cc(C)ccc21. The molecule has 0 aliphatic carbocycles. The van der Waals surface area contributed by atoms with Gasteiger partial charge in [-0.2, -0.15) is 0 Å². The van der Waals surface area contributed by atoms with Gasteiger partial charge in [0.1, 0.15) is 0 Å².